The molecule has 0 fully saturated rings. The smallest absolute Gasteiger partial charge is 0.266 e. The number of fused-ring (bicyclic) bond motifs is 1. The van der Waals surface area contributed by atoms with Crippen LogP contribution in [0.2, 0.25) is 0 Å². The molecule has 0 aliphatic heterocycles. The van der Waals surface area contributed by atoms with E-state index in [-0.39, 0.29) is 11.2 Å². The minimum absolute atomic E-state index is 0.195. The lowest BCUT2D eigenvalue weighted by molar-refractivity contribution is 0.613. The first-order chi connectivity index (χ1) is 12.1. The molecule has 4 rings (SSSR count). The molecule has 0 unspecified atom stereocenters. The van der Waals surface area contributed by atoms with E-state index in [1.54, 1.807) is 42.1 Å². The molecular weight excluding hydrogens is 319 g/mol. The molecule has 0 N–H and O–H groups in total. The molecule has 0 aliphatic carbocycles. The summed E-state index contributed by atoms with van der Waals surface area (Å²) >= 11 is 0. The standard InChI is InChI=1S/C19H15FN4O/c1-12-22-16-8-5-6-14(13-10-21-23(2)11-13)18(16)19(25)24(12)17-9-4-3-7-15(17)20/h3-11H,1-2H3. The van der Waals surface area contributed by atoms with Gasteiger partial charge in [0.1, 0.15) is 11.6 Å². The van der Waals surface area contributed by atoms with Crippen LogP contribution in [0.25, 0.3) is 27.7 Å². The Bertz CT molecular complexity index is 1160. The predicted molar refractivity (Wildman–Crippen MR) is 94.2 cm³/mol. The number of hydrogen-bond donors (Lipinski definition) is 0. The van der Waals surface area contributed by atoms with Crippen molar-refractivity contribution < 1.29 is 4.39 Å². The second kappa shape index (κ2) is 5.66. The lowest BCUT2D eigenvalue weighted by Crippen LogP contribution is -2.23. The number of aromatic nitrogens is 4. The van der Waals surface area contributed by atoms with Crippen LogP contribution in [0.4, 0.5) is 4.39 Å². The molecule has 0 bridgehead atoms. The summed E-state index contributed by atoms with van der Waals surface area (Å²) in [5.41, 5.74) is 2.02. The molecule has 0 spiro atoms. The maximum atomic E-state index is 14.3. The molecule has 5 nitrogen and oxygen atoms in total. The molecule has 124 valence electrons. The van der Waals surface area contributed by atoms with Gasteiger partial charge < -0.3 is 0 Å². The van der Waals surface area contributed by atoms with Gasteiger partial charge in [0, 0.05) is 18.8 Å². The average molecular weight is 334 g/mol. The predicted octanol–water partition coefficient (Wildman–Crippen LogP) is 3.23. The molecule has 25 heavy (non-hydrogen) atoms. The SMILES string of the molecule is Cc1nc2cccc(-c3cnn(C)c3)c2c(=O)n1-c1ccccc1F. The largest absolute Gasteiger partial charge is 0.275 e. The second-order valence-corrected chi connectivity index (χ2v) is 5.85. The van der Waals surface area contributed by atoms with Gasteiger partial charge in [-0.05, 0) is 30.7 Å². The lowest BCUT2D eigenvalue weighted by atomic mass is 10.0. The highest BCUT2D eigenvalue weighted by Gasteiger charge is 2.16. The normalized spacial score (nSPS) is 11.2. The lowest BCUT2D eigenvalue weighted by Gasteiger charge is -2.13. The first-order valence-corrected chi connectivity index (χ1v) is 7.82. The van der Waals surface area contributed by atoms with Gasteiger partial charge >= 0.3 is 0 Å². The van der Waals surface area contributed by atoms with Gasteiger partial charge in [-0.15, -0.1) is 0 Å². The third kappa shape index (κ3) is 2.42. The Morgan fingerprint density at radius 1 is 1.08 bits per heavy atom. The van der Waals surface area contributed by atoms with E-state index in [1.807, 2.05) is 25.4 Å². The molecule has 2 aromatic carbocycles. The van der Waals surface area contributed by atoms with Gasteiger partial charge in [0.2, 0.25) is 0 Å². The summed E-state index contributed by atoms with van der Waals surface area (Å²) in [5.74, 6) is -0.0290. The number of hydrogen-bond acceptors (Lipinski definition) is 3. The van der Waals surface area contributed by atoms with E-state index in [2.05, 4.69) is 10.1 Å². The Morgan fingerprint density at radius 3 is 2.60 bits per heavy atom. The van der Waals surface area contributed by atoms with Crippen molar-refractivity contribution in [3.63, 3.8) is 0 Å². The molecule has 4 aromatic rings. The number of benzene rings is 2. The third-order valence-corrected chi connectivity index (χ3v) is 4.17. The Labute approximate surface area is 143 Å². The van der Waals surface area contributed by atoms with Crippen LogP contribution in [-0.2, 0) is 7.05 Å². The third-order valence-electron chi connectivity index (χ3n) is 4.17. The Kier molecular flexibility index (Phi) is 3.46. The highest BCUT2D eigenvalue weighted by Crippen LogP contribution is 2.26. The van der Waals surface area contributed by atoms with E-state index >= 15 is 0 Å². The van der Waals surface area contributed by atoms with E-state index in [1.165, 1.54) is 10.6 Å². The van der Waals surface area contributed by atoms with Gasteiger partial charge in [-0.1, -0.05) is 24.3 Å². The topological polar surface area (TPSA) is 52.7 Å². The molecule has 0 amide bonds. The number of nitrogens with zero attached hydrogens (tertiary/aromatic N) is 4. The summed E-state index contributed by atoms with van der Waals surface area (Å²) in [7, 11) is 1.81. The van der Waals surface area contributed by atoms with Gasteiger partial charge in [0.25, 0.3) is 5.56 Å². The Morgan fingerprint density at radius 2 is 1.88 bits per heavy atom. The van der Waals surface area contributed by atoms with E-state index < -0.39 is 5.82 Å². The van der Waals surface area contributed by atoms with Crippen LogP contribution < -0.4 is 5.56 Å². The molecular formula is C19H15FN4O. The minimum Gasteiger partial charge on any atom is -0.275 e. The van der Waals surface area contributed by atoms with Crippen LogP contribution in [0.1, 0.15) is 5.82 Å². The van der Waals surface area contributed by atoms with Crippen molar-refractivity contribution in [2.24, 2.45) is 7.05 Å². The second-order valence-electron chi connectivity index (χ2n) is 5.85. The molecule has 0 saturated heterocycles. The molecule has 0 aliphatic rings. The first kappa shape index (κ1) is 15.3. The Balaban J connectivity index is 2.11. The highest BCUT2D eigenvalue weighted by atomic mass is 19.1. The van der Waals surface area contributed by atoms with E-state index in [0.717, 1.165) is 11.1 Å². The van der Waals surface area contributed by atoms with Crippen molar-refractivity contribution in [2.75, 3.05) is 0 Å². The number of halogens is 1. The molecule has 0 atom stereocenters. The molecule has 2 heterocycles. The van der Waals surface area contributed by atoms with E-state index in [4.69, 9.17) is 0 Å². The fourth-order valence-electron chi connectivity index (χ4n) is 3.06. The van der Waals surface area contributed by atoms with Crippen LogP contribution in [0.3, 0.4) is 0 Å². The maximum Gasteiger partial charge on any atom is 0.266 e. The average Bonchev–Trinajstić information content (AvgIpc) is 3.02. The fraction of sp³-hybridized carbons (Fsp3) is 0.105. The summed E-state index contributed by atoms with van der Waals surface area (Å²) in [6.07, 6.45) is 3.53. The molecule has 0 radical (unpaired) electrons. The number of para-hydroxylation sites is 1. The van der Waals surface area contributed by atoms with Gasteiger partial charge in [-0.25, -0.2) is 9.37 Å². The zero-order chi connectivity index (χ0) is 17.6. The van der Waals surface area contributed by atoms with Gasteiger partial charge in [-0.2, -0.15) is 5.10 Å². The fourth-order valence-corrected chi connectivity index (χ4v) is 3.06. The van der Waals surface area contributed by atoms with Crippen LogP contribution >= 0.6 is 0 Å². The molecule has 6 heteroatoms. The van der Waals surface area contributed by atoms with Crippen molar-refractivity contribution in [1.29, 1.82) is 0 Å². The van der Waals surface area contributed by atoms with Crippen molar-refractivity contribution in [3.05, 3.63) is 76.9 Å². The highest BCUT2D eigenvalue weighted by molar-refractivity contribution is 5.93. The summed E-state index contributed by atoms with van der Waals surface area (Å²) in [4.78, 5) is 17.7. The van der Waals surface area contributed by atoms with Gasteiger partial charge in [-0.3, -0.25) is 14.0 Å². The summed E-state index contributed by atoms with van der Waals surface area (Å²) in [6, 6.07) is 11.7. The van der Waals surface area contributed by atoms with Crippen LogP contribution in [0, 0.1) is 12.7 Å². The van der Waals surface area contributed by atoms with E-state index in [0.29, 0.717) is 16.7 Å². The summed E-state index contributed by atoms with van der Waals surface area (Å²) < 4.78 is 17.3. The number of aryl methyl sites for hydroxylation is 2. The summed E-state index contributed by atoms with van der Waals surface area (Å²) in [5, 5.41) is 4.62. The van der Waals surface area contributed by atoms with Crippen LogP contribution in [-0.4, -0.2) is 19.3 Å². The summed E-state index contributed by atoms with van der Waals surface area (Å²) in [6.45, 7) is 1.70. The maximum absolute atomic E-state index is 14.3. The minimum atomic E-state index is -0.465. The van der Waals surface area contributed by atoms with Crippen LogP contribution in [0.5, 0.6) is 0 Å². The van der Waals surface area contributed by atoms with Crippen molar-refractivity contribution in [3.8, 4) is 16.8 Å². The first-order valence-electron chi connectivity index (χ1n) is 7.82. The Hall–Kier alpha value is -3.28. The zero-order valence-electron chi connectivity index (χ0n) is 13.8. The van der Waals surface area contributed by atoms with Gasteiger partial charge in [0.15, 0.2) is 0 Å². The monoisotopic (exact) mass is 334 g/mol. The van der Waals surface area contributed by atoms with Crippen LogP contribution in [0.15, 0.2) is 59.7 Å². The quantitative estimate of drug-likeness (QED) is 0.565. The zero-order valence-corrected chi connectivity index (χ0v) is 13.8. The van der Waals surface area contributed by atoms with E-state index in [9.17, 15) is 9.18 Å². The van der Waals surface area contributed by atoms with Crippen molar-refractivity contribution >= 4 is 10.9 Å². The molecule has 0 saturated carbocycles. The van der Waals surface area contributed by atoms with Gasteiger partial charge in [0.05, 0.1) is 22.8 Å². The van der Waals surface area contributed by atoms with Crippen molar-refractivity contribution in [2.45, 2.75) is 6.92 Å². The number of rotatable bonds is 2. The van der Waals surface area contributed by atoms with Crippen molar-refractivity contribution in [1.82, 2.24) is 19.3 Å². The molecule has 2 aromatic heterocycles.